The number of hydrogen-bond acceptors (Lipinski definition) is 15. The Kier molecular flexibility index (Phi) is 34.8. The molecule has 0 aliphatic heterocycles. The van der Waals surface area contributed by atoms with Crippen LogP contribution in [0.2, 0.25) is 0 Å². The van der Waals surface area contributed by atoms with Gasteiger partial charge in [-0.15, -0.1) is 0 Å². The van der Waals surface area contributed by atoms with Crippen LogP contribution in [0.3, 0.4) is 0 Å². The molecule has 0 radical (unpaired) electrons. The molecule has 0 spiro atoms. The van der Waals surface area contributed by atoms with Crippen LogP contribution < -0.4 is 59.7 Å². The molecule has 0 fully saturated rings. The van der Waals surface area contributed by atoms with Gasteiger partial charge in [-0.2, -0.15) is 0 Å². The maximum atomic E-state index is 14.2. The number of nitrogens with one attached hydrogen (secondary N) is 9. The van der Waals surface area contributed by atoms with Crippen molar-refractivity contribution in [1.82, 2.24) is 52.5 Å². The van der Waals surface area contributed by atoms with Gasteiger partial charge in [0.15, 0.2) is 5.78 Å². The van der Waals surface area contributed by atoms with Crippen LogP contribution in [0.4, 0.5) is 0 Å². The summed E-state index contributed by atoms with van der Waals surface area (Å²) in [6.45, 7) is 12.9. The van der Waals surface area contributed by atoms with Crippen molar-refractivity contribution in [2.45, 2.75) is 238 Å². The van der Waals surface area contributed by atoms with Crippen molar-refractivity contribution in [1.29, 1.82) is 0 Å². The second kappa shape index (κ2) is 39.0. The van der Waals surface area contributed by atoms with E-state index in [2.05, 4.69) is 59.4 Å². The molecule has 0 aliphatic rings. The largest absolute Gasteiger partial charge is 0.391 e. The van der Waals surface area contributed by atoms with Gasteiger partial charge in [-0.1, -0.05) is 92.4 Å². The molecule has 454 valence electrons. The Morgan fingerprint density at radius 1 is 0.512 bits per heavy atom. The number of aromatic amines is 1. The standard InChI is InChI=1S/C54H95N13O13/c1-9-11-12-13-14-15-16-17-18-22-43(73)60-38(23-25-41(56)71)48(74)63-40(28-36-29-58-30-59-36)51(77)66-46(34(7)69)53(79)62-39(24-26-42(57)72)50(76)65-45(32(5)10-2)52(78)67-47(35(8)70)54(80)61-37(21-19-20-27-55)49(75)64-44(31(3)4)33(6)68/h29-32,34-35,37-40,44-47,69-70H,9-28,55H2,1-8H3,(H2,56,71)(H2,57,72)(H,58,59)(H,60,73)(H,61,80)(H,62,79)(H,63,74)(H,64,75)(H,65,76)(H,66,77)(H,67,78)/t32-,34?,35?,37-,38-,39+,40+,44+,45?,46-,47+/m0/s1. The number of imidazole rings is 1. The maximum Gasteiger partial charge on any atom is 0.245 e. The Labute approximate surface area is 470 Å². The summed E-state index contributed by atoms with van der Waals surface area (Å²) in [5.41, 5.74) is 16.9. The second-order valence-corrected chi connectivity index (χ2v) is 21.1. The van der Waals surface area contributed by atoms with E-state index in [9.17, 15) is 63.0 Å². The quantitative estimate of drug-likeness (QED) is 0.0366. The van der Waals surface area contributed by atoms with Gasteiger partial charge in [0.25, 0.3) is 0 Å². The predicted octanol–water partition coefficient (Wildman–Crippen LogP) is -0.536. The summed E-state index contributed by atoms with van der Waals surface area (Å²) in [5.74, 6) is -9.95. The number of ketones is 1. The van der Waals surface area contributed by atoms with E-state index in [1.54, 1.807) is 27.7 Å². The van der Waals surface area contributed by atoms with E-state index >= 15 is 0 Å². The van der Waals surface area contributed by atoms with Gasteiger partial charge in [0, 0.05) is 37.6 Å². The first kappa shape index (κ1) is 71.5. The molecule has 0 aromatic carbocycles. The monoisotopic (exact) mass is 1130 g/mol. The minimum absolute atomic E-state index is 0.102. The van der Waals surface area contributed by atoms with E-state index in [-0.39, 0.29) is 50.2 Å². The molecule has 0 saturated carbocycles. The van der Waals surface area contributed by atoms with Crippen molar-refractivity contribution in [3.63, 3.8) is 0 Å². The van der Waals surface area contributed by atoms with Crippen LogP contribution in [-0.2, 0) is 59.2 Å². The minimum atomic E-state index is -1.83. The lowest BCUT2D eigenvalue weighted by Gasteiger charge is -2.31. The first-order valence-electron chi connectivity index (χ1n) is 28.3. The zero-order valence-corrected chi connectivity index (χ0v) is 48.3. The Balaban J connectivity index is 3.41. The highest BCUT2D eigenvalue weighted by Crippen LogP contribution is 2.14. The number of unbranched alkanes of at least 4 members (excludes halogenated alkanes) is 9. The number of rotatable bonds is 43. The summed E-state index contributed by atoms with van der Waals surface area (Å²) in [6.07, 6.45) is 8.40. The Bertz CT molecular complexity index is 2120. The summed E-state index contributed by atoms with van der Waals surface area (Å²) < 4.78 is 0. The van der Waals surface area contributed by atoms with Crippen molar-refractivity contribution in [2.75, 3.05) is 6.54 Å². The van der Waals surface area contributed by atoms with Crippen molar-refractivity contribution in [2.24, 2.45) is 29.0 Å². The van der Waals surface area contributed by atoms with Gasteiger partial charge in [-0.05, 0) is 77.7 Å². The molecule has 17 N–H and O–H groups in total. The number of H-pyrrole nitrogens is 1. The lowest BCUT2D eigenvalue weighted by molar-refractivity contribution is -0.138. The third-order valence-corrected chi connectivity index (χ3v) is 13.7. The van der Waals surface area contributed by atoms with Gasteiger partial charge < -0.3 is 74.9 Å². The smallest absolute Gasteiger partial charge is 0.245 e. The highest BCUT2D eigenvalue weighted by molar-refractivity contribution is 5.98. The first-order valence-corrected chi connectivity index (χ1v) is 28.3. The van der Waals surface area contributed by atoms with E-state index in [1.807, 2.05) is 0 Å². The number of hydrogen-bond donors (Lipinski definition) is 14. The van der Waals surface area contributed by atoms with Crippen LogP contribution in [0.1, 0.15) is 177 Å². The van der Waals surface area contributed by atoms with Crippen molar-refractivity contribution in [3.8, 4) is 0 Å². The number of carbonyl (C=O) groups excluding carboxylic acids is 11. The molecule has 3 unspecified atom stereocenters. The van der Waals surface area contributed by atoms with Gasteiger partial charge in [0.2, 0.25) is 59.1 Å². The van der Waals surface area contributed by atoms with Crippen molar-refractivity contribution < 1.29 is 63.0 Å². The van der Waals surface area contributed by atoms with Gasteiger partial charge in [-0.3, -0.25) is 52.7 Å². The Hall–Kier alpha value is -6.54. The molecule has 26 nitrogen and oxygen atoms in total. The van der Waals surface area contributed by atoms with Gasteiger partial charge in [-0.25, -0.2) is 4.98 Å². The first-order chi connectivity index (χ1) is 37.8. The number of aliphatic hydroxyl groups is 2. The number of nitrogens with zero attached hydrogens (tertiary/aromatic N) is 1. The zero-order valence-electron chi connectivity index (χ0n) is 48.3. The Morgan fingerprint density at radius 2 is 0.938 bits per heavy atom. The molecular formula is C54H95N13O13. The maximum absolute atomic E-state index is 14.2. The number of primary amides is 2. The molecule has 0 saturated heterocycles. The zero-order chi connectivity index (χ0) is 60.5. The number of Topliss-reactive ketones (excluding diaryl/α,β-unsaturated/α-hetero) is 1. The topological polar surface area (TPSA) is 431 Å². The molecule has 0 aliphatic carbocycles. The van der Waals surface area contributed by atoms with Crippen LogP contribution >= 0.6 is 0 Å². The number of nitrogens with two attached hydrogens (primary N) is 3. The fraction of sp³-hybridized carbons (Fsp3) is 0.741. The fourth-order valence-corrected chi connectivity index (χ4v) is 8.61. The van der Waals surface area contributed by atoms with Crippen LogP contribution in [-0.4, -0.2) is 152 Å². The highest BCUT2D eigenvalue weighted by atomic mass is 16.3. The van der Waals surface area contributed by atoms with E-state index < -0.39 is 138 Å². The second-order valence-electron chi connectivity index (χ2n) is 21.1. The average Bonchev–Trinajstić information content (AvgIpc) is 3.91. The number of aliphatic hydroxyl groups excluding tert-OH is 2. The number of carbonyl (C=O) groups is 11. The summed E-state index contributed by atoms with van der Waals surface area (Å²) >= 11 is 0. The van der Waals surface area contributed by atoms with Crippen LogP contribution in [0.15, 0.2) is 12.5 Å². The third-order valence-electron chi connectivity index (χ3n) is 13.7. The number of aromatic nitrogens is 2. The molecule has 1 aromatic heterocycles. The normalized spacial score (nSPS) is 15.4. The minimum Gasteiger partial charge on any atom is -0.391 e. The number of amides is 10. The molecule has 1 heterocycles. The van der Waals surface area contributed by atoms with E-state index in [4.69, 9.17) is 17.2 Å². The predicted molar refractivity (Wildman–Crippen MR) is 298 cm³/mol. The van der Waals surface area contributed by atoms with Crippen molar-refractivity contribution in [3.05, 3.63) is 18.2 Å². The summed E-state index contributed by atoms with van der Waals surface area (Å²) in [6, 6.07) is -11.5. The van der Waals surface area contributed by atoms with Gasteiger partial charge in [0.05, 0.1) is 24.6 Å². The van der Waals surface area contributed by atoms with Crippen LogP contribution in [0.5, 0.6) is 0 Å². The molecule has 26 heteroatoms. The van der Waals surface area contributed by atoms with Crippen LogP contribution in [0.25, 0.3) is 0 Å². The summed E-state index contributed by atoms with van der Waals surface area (Å²) in [4.78, 5) is 154. The lowest BCUT2D eigenvalue weighted by Crippen LogP contribution is -2.63. The Morgan fingerprint density at radius 3 is 1.39 bits per heavy atom. The van der Waals surface area contributed by atoms with Crippen LogP contribution in [0, 0.1) is 11.8 Å². The van der Waals surface area contributed by atoms with Gasteiger partial charge >= 0.3 is 0 Å². The highest BCUT2D eigenvalue weighted by Gasteiger charge is 2.38. The molecular weight excluding hydrogens is 1040 g/mol. The summed E-state index contributed by atoms with van der Waals surface area (Å²) in [5, 5.41) is 42.0. The summed E-state index contributed by atoms with van der Waals surface area (Å²) in [7, 11) is 0. The third kappa shape index (κ3) is 28.1. The SMILES string of the molecule is CCCCCCCCCCCC(=O)N[C@@H](CCC(N)=O)C(=O)N[C@H](Cc1cnc[nH]1)C(=O)N[C@H](C(=O)N[C@H](CCC(N)=O)C(=O)NC(C(=O)N[C@@H](C(=O)N[C@@H](CCCCN)C(=O)N[C@@H](C(C)=O)C(C)C)C(C)O)[C@@H](C)CC)C(C)O. The van der Waals surface area contributed by atoms with Gasteiger partial charge in [0.1, 0.15) is 42.3 Å². The fourth-order valence-electron chi connectivity index (χ4n) is 8.61. The van der Waals surface area contributed by atoms with Crippen molar-refractivity contribution >= 4 is 64.9 Å². The lowest BCUT2D eigenvalue weighted by atomic mass is 9.96. The molecule has 1 aromatic rings. The molecule has 11 atom stereocenters. The van der Waals surface area contributed by atoms with E-state index in [0.29, 0.717) is 31.5 Å². The average molecular weight is 1130 g/mol. The molecule has 80 heavy (non-hydrogen) atoms. The molecule has 10 amide bonds. The van der Waals surface area contributed by atoms with E-state index in [0.717, 1.165) is 45.4 Å². The van der Waals surface area contributed by atoms with E-state index in [1.165, 1.54) is 39.2 Å². The molecule has 1 rings (SSSR count). The molecule has 0 bridgehead atoms.